The summed E-state index contributed by atoms with van der Waals surface area (Å²) in [5.74, 6) is -1.30. The lowest BCUT2D eigenvalue weighted by atomic mass is 10.1. The summed E-state index contributed by atoms with van der Waals surface area (Å²) in [5, 5.41) is 23.3. The van der Waals surface area contributed by atoms with Gasteiger partial charge in [-0.2, -0.15) is 11.8 Å². The Bertz CT molecular complexity index is 479. The molecular weight excluding hydrogens is 268 g/mol. The summed E-state index contributed by atoms with van der Waals surface area (Å²) in [6, 6.07) is 4.25. The van der Waals surface area contributed by atoms with Gasteiger partial charge in [0, 0.05) is 11.8 Å². The molecule has 6 nitrogen and oxygen atoms in total. The molecule has 0 aliphatic rings. The van der Waals surface area contributed by atoms with Crippen LogP contribution in [0.1, 0.15) is 23.7 Å². The Kier molecular flexibility index (Phi) is 5.62. The lowest BCUT2D eigenvalue weighted by Gasteiger charge is -2.11. The van der Waals surface area contributed by atoms with Gasteiger partial charge in [-0.3, -0.25) is 10.1 Å². The minimum Gasteiger partial charge on any atom is -0.477 e. The van der Waals surface area contributed by atoms with Crippen molar-refractivity contribution >= 4 is 29.1 Å². The van der Waals surface area contributed by atoms with Crippen molar-refractivity contribution in [2.24, 2.45) is 0 Å². The van der Waals surface area contributed by atoms with E-state index >= 15 is 0 Å². The van der Waals surface area contributed by atoms with Crippen LogP contribution in [0.15, 0.2) is 18.2 Å². The summed E-state index contributed by atoms with van der Waals surface area (Å²) >= 11 is 1.71. The first-order chi connectivity index (χ1) is 8.97. The maximum absolute atomic E-state index is 11.0. The van der Waals surface area contributed by atoms with Crippen LogP contribution in [0.2, 0.25) is 0 Å². The molecule has 0 aliphatic heterocycles. The van der Waals surface area contributed by atoms with Gasteiger partial charge in [0.25, 0.3) is 0 Å². The van der Waals surface area contributed by atoms with Gasteiger partial charge in [0.15, 0.2) is 0 Å². The van der Waals surface area contributed by atoms with E-state index in [9.17, 15) is 14.9 Å². The molecule has 1 atom stereocenters. The van der Waals surface area contributed by atoms with Gasteiger partial charge in [-0.25, -0.2) is 4.79 Å². The van der Waals surface area contributed by atoms with Crippen molar-refractivity contribution in [3.8, 4) is 0 Å². The summed E-state index contributed by atoms with van der Waals surface area (Å²) in [6.45, 7) is 2.63. The average molecular weight is 284 g/mol. The summed E-state index contributed by atoms with van der Waals surface area (Å²) in [7, 11) is 0. The van der Waals surface area contributed by atoms with E-state index in [2.05, 4.69) is 12.2 Å². The van der Waals surface area contributed by atoms with Crippen LogP contribution >= 0.6 is 11.8 Å². The fraction of sp³-hybridized carbons (Fsp3) is 0.417. The van der Waals surface area contributed by atoms with Gasteiger partial charge >= 0.3 is 11.7 Å². The molecule has 0 bridgehead atoms. The Hall–Kier alpha value is -1.76. The second-order valence-electron chi connectivity index (χ2n) is 4.03. The highest BCUT2D eigenvalue weighted by Gasteiger charge is 2.23. The minimum atomic E-state index is -1.30. The van der Waals surface area contributed by atoms with Crippen LogP contribution in [0.3, 0.4) is 0 Å². The molecule has 1 aromatic carbocycles. The molecule has 0 aliphatic carbocycles. The van der Waals surface area contributed by atoms with Crippen LogP contribution in [-0.2, 0) is 0 Å². The highest BCUT2D eigenvalue weighted by molar-refractivity contribution is 7.99. The van der Waals surface area contributed by atoms with Crippen LogP contribution in [0.25, 0.3) is 0 Å². The number of hydrogen-bond acceptors (Lipinski definition) is 5. The third kappa shape index (κ3) is 4.13. The summed E-state index contributed by atoms with van der Waals surface area (Å²) < 4.78 is 0. The predicted octanol–water partition coefficient (Wildman–Crippen LogP) is 2.85. The number of nitrogens with zero attached hydrogens (tertiary/aromatic N) is 1. The normalized spacial score (nSPS) is 11.9. The second-order valence-corrected chi connectivity index (χ2v) is 5.30. The van der Waals surface area contributed by atoms with E-state index in [1.54, 1.807) is 11.8 Å². The minimum absolute atomic E-state index is 0.248. The standard InChI is InChI=1S/C12H16N2O4S/c1-8(19-2)6-7-13-10-5-3-4-9(12(15)16)11(10)14(17)18/h3-5,8,13H,6-7H2,1-2H3,(H,15,16). The van der Waals surface area contributed by atoms with Crippen molar-refractivity contribution in [3.05, 3.63) is 33.9 Å². The number of thioether (sulfide) groups is 1. The molecule has 0 aromatic heterocycles. The molecule has 1 rings (SSSR count). The molecule has 1 aromatic rings. The van der Waals surface area contributed by atoms with Crippen molar-refractivity contribution in [2.75, 3.05) is 18.1 Å². The topological polar surface area (TPSA) is 92.5 Å². The molecule has 0 radical (unpaired) electrons. The van der Waals surface area contributed by atoms with E-state index in [4.69, 9.17) is 5.11 Å². The zero-order valence-electron chi connectivity index (χ0n) is 10.8. The average Bonchev–Trinajstić information content (AvgIpc) is 2.37. The van der Waals surface area contributed by atoms with Crippen molar-refractivity contribution in [2.45, 2.75) is 18.6 Å². The van der Waals surface area contributed by atoms with Gasteiger partial charge in [-0.1, -0.05) is 13.0 Å². The number of para-hydroxylation sites is 1. The highest BCUT2D eigenvalue weighted by atomic mass is 32.2. The maximum atomic E-state index is 11.0. The number of carboxylic acids is 1. The Morgan fingerprint density at radius 2 is 2.26 bits per heavy atom. The second kappa shape index (κ2) is 6.98. The summed E-state index contributed by atoms with van der Waals surface area (Å²) in [4.78, 5) is 21.3. The molecule has 7 heteroatoms. The number of nitro benzene ring substituents is 1. The molecular formula is C12H16N2O4S. The van der Waals surface area contributed by atoms with Crippen molar-refractivity contribution in [1.82, 2.24) is 0 Å². The fourth-order valence-electron chi connectivity index (χ4n) is 1.58. The van der Waals surface area contributed by atoms with Gasteiger partial charge in [-0.15, -0.1) is 0 Å². The lowest BCUT2D eigenvalue weighted by Crippen LogP contribution is -2.11. The number of aromatic carboxylic acids is 1. The number of carbonyl (C=O) groups is 1. The molecule has 0 heterocycles. The van der Waals surface area contributed by atoms with E-state index < -0.39 is 10.9 Å². The number of hydrogen-bond donors (Lipinski definition) is 2. The first-order valence-corrected chi connectivity index (χ1v) is 7.03. The predicted molar refractivity (Wildman–Crippen MR) is 76.1 cm³/mol. The number of rotatable bonds is 7. The molecule has 0 fully saturated rings. The molecule has 104 valence electrons. The van der Waals surface area contributed by atoms with Crippen molar-refractivity contribution in [1.29, 1.82) is 0 Å². The van der Waals surface area contributed by atoms with E-state index in [0.29, 0.717) is 11.8 Å². The number of anilines is 1. The van der Waals surface area contributed by atoms with Crippen LogP contribution < -0.4 is 5.32 Å². The van der Waals surface area contributed by atoms with Crippen molar-refractivity contribution < 1.29 is 14.8 Å². The smallest absolute Gasteiger partial charge is 0.342 e. The molecule has 0 amide bonds. The number of carboxylic acid groups (broad SMARTS) is 1. The van der Waals surface area contributed by atoms with Crippen LogP contribution in [0, 0.1) is 10.1 Å². The van der Waals surface area contributed by atoms with Gasteiger partial charge in [0.1, 0.15) is 11.3 Å². The van der Waals surface area contributed by atoms with Gasteiger partial charge < -0.3 is 10.4 Å². The molecule has 2 N–H and O–H groups in total. The molecule has 1 unspecified atom stereocenters. The Morgan fingerprint density at radius 1 is 1.58 bits per heavy atom. The maximum Gasteiger partial charge on any atom is 0.342 e. The quantitative estimate of drug-likeness (QED) is 0.591. The molecule has 19 heavy (non-hydrogen) atoms. The first kappa shape index (κ1) is 15.3. The monoisotopic (exact) mass is 284 g/mol. The van der Waals surface area contributed by atoms with Crippen LogP contribution in [0.5, 0.6) is 0 Å². The third-order valence-electron chi connectivity index (χ3n) is 2.72. The molecule has 0 saturated carbocycles. The Labute approximate surface area is 115 Å². The summed E-state index contributed by atoms with van der Waals surface area (Å²) in [5.41, 5.74) is -0.432. The van der Waals surface area contributed by atoms with Gasteiger partial charge in [-0.05, 0) is 24.8 Å². The highest BCUT2D eigenvalue weighted by Crippen LogP contribution is 2.28. The Morgan fingerprint density at radius 3 is 2.79 bits per heavy atom. The summed E-state index contributed by atoms with van der Waals surface area (Å²) in [6.07, 6.45) is 2.84. The molecule has 0 saturated heterocycles. The van der Waals surface area contributed by atoms with Crippen molar-refractivity contribution in [3.63, 3.8) is 0 Å². The number of benzene rings is 1. The van der Waals surface area contributed by atoms with E-state index in [-0.39, 0.29) is 16.9 Å². The Balaban J connectivity index is 2.91. The lowest BCUT2D eigenvalue weighted by molar-refractivity contribution is -0.384. The van der Waals surface area contributed by atoms with Gasteiger partial charge in [0.2, 0.25) is 0 Å². The zero-order chi connectivity index (χ0) is 14.4. The number of nitro groups is 1. The van der Waals surface area contributed by atoms with E-state index in [1.807, 2.05) is 6.26 Å². The van der Waals surface area contributed by atoms with Gasteiger partial charge in [0.05, 0.1) is 4.92 Å². The zero-order valence-corrected chi connectivity index (χ0v) is 11.6. The van der Waals surface area contributed by atoms with Crippen LogP contribution in [-0.4, -0.2) is 34.0 Å². The van der Waals surface area contributed by atoms with E-state index in [0.717, 1.165) is 6.42 Å². The van der Waals surface area contributed by atoms with E-state index in [1.165, 1.54) is 18.2 Å². The van der Waals surface area contributed by atoms with Crippen LogP contribution in [0.4, 0.5) is 11.4 Å². The molecule has 0 spiro atoms. The number of nitrogens with one attached hydrogen (secondary N) is 1. The largest absolute Gasteiger partial charge is 0.477 e. The fourth-order valence-corrected chi connectivity index (χ4v) is 1.94. The third-order valence-corrected chi connectivity index (χ3v) is 3.76. The first-order valence-electron chi connectivity index (χ1n) is 5.74. The SMILES string of the molecule is CSC(C)CCNc1cccc(C(=O)O)c1[N+](=O)[O-].